The van der Waals surface area contributed by atoms with Gasteiger partial charge >= 0.3 is 6.18 Å². The molecule has 1 aromatic heterocycles. The maximum absolute atomic E-state index is 12.9. The Kier molecular flexibility index (Phi) is 6.33. The van der Waals surface area contributed by atoms with E-state index in [2.05, 4.69) is 9.82 Å². The molecule has 0 spiro atoms. The van der Waals surface area contributed by atoms with Crippen molar-refractivity contribution in [2.75, 3.05) is 6.54 Å². The molecule has 150 valence electrons. The molecule has 10 heteroatoms. The Hall–Kier alpha value is -1.91. The first-order valence-electron chi connectivity index (χ1n) is 8.31. The van der Waals surface area contributed by atoms with Gasteiger partial charge in [0.1, 0.15) is 0 Å². The van der Waals surface area contributed by atoms with E-state index in [1.54, 1.807) is 38.1 Å². The van der Waals surface area contributed by atoms with Crippen molar-refractivity contribution in [1.29, 1.82) is 0 Å². The van der Waals surface area contributed by atoms with Crippen LogP contribution in [0.2, 0.25) is 0 Å². The zero-order chi connectivity index (χ0) is 20.4. The van der Waals surface area contributed by atoms with Crippen molar-refractivity contribution < 1.29 is 26.7 Å². The third kappa shape index (κ3) is 5.08. The van der Waals surface area contributed by atoms with E-state index in [9.17, 15) is 21.6 Å². The second kappa shape index (κ2) is 7.99. The number of sulfonamides is 1. The summed E-state index contributed by atoms with van der Waals surface area (Å²) >= 11 is 0. The molecule has 0 aliphatic heterocycles. The molecule has 0 unspecified atom stereocenters. The standard InChI is InChI=1S/C17H22F3N3O3S/c1-11(2)27(25,26)21-8-12(3)13-4-6-15(7-5-13)23-9-14(10-24)16(22-23)17(18,19)20/h4-7,9,11-12,21,24H,8,10H2,1-3H3/t12-/m1/s1. The summed E-state index contributed by atoms with van der Waals surface area (Å²) in [6.45, 7) is 4.47. The van der Waals surface area contributed by atoms with E-state index in [1.807, 2.05) is 6.92 Å². The van der Waals surface area contributed by atoms with Crippen LogP contribution >= 0.6 is 0 Å². The van der Waals surface area contributed by atoms with E-state index in [-0.39, 0.29) is 18.0 Å². The molecule has 2 rings (SSSR count). The molecule has 0 fully saturated rings. The molecule has 6 nitrogen and oxygen atoms in total. The first kappa shape index (κ1) is 21.4. The van der Waals surface area contributed by atoms with E-state index in [0.717, 1.165) is 16.4 Å². The fourth-order valence-corrected chi connectivity index (χ4v) is 3.19. The Labute approximate surface area is 156 Å². The average Bonchev–Trinajstić information content (AvgIpc) is 3.04. The molecular weight excluding hydrogens is 383 g/mol. The number of hydrogen-bond donors (Lipinski definition) is 2. The molecule has 0 aliphatic carbocycles. The second-order valence-corrected chi connectivity index (χ2v) is 8.86. The lowest BCUT2D eigenvalue weighted by atomic mass is 10.0. The van der Waals surface area contributed by atoms with Crippen molar-refractivity contribution in [1.82, 2.24) is 14.5 Å². The van der Waals surface area contributed by atoms with Gasteiger partial charge in [0.15, 0.2) is 5.69 Å². The summed E-state index contributed by atoms with van der Waals surface area (Å²) in [7, 11) is -3.37. The minimum atomic E-state index is -4.65. The molecule has 0 amide bonds. The molecule has 1 atom stereocenters. The van der Waals surface area contributed by atoms with Crippen LogP contribution in [0.3, 0.4) is 0 Å². The smallest absolute Gasteiger partial charge is 0.392 e. The maximum Gasteiger partial charge on any atom is 0.435 e. The minimum absolute atomic E-state index is 0.121. The quantitative estimate of drug-likeness (QED) is 0.742. The normalized spacial score (nSPS) is 13.9. The van der Waals surface area contributed by atoms with Gasteiger partial charge in [-0.05, 0) is 37.5 Å². The topological polar surface area (TPSA) is 84.2 Å². The van der Waals surface area contributed by atoms with Gasteiger partial charge in [0.05, 0.1) is 17.5 Å². The number of alkyl halides is 3. The predicted molar refractivity (Wildman–Crippen MR) is 95.0 cm³/mol. The van der Waals surface area contributed by atoms with E-state index in [4.69, 9.17) is 5.11 Å². The van der Waals surface area contributed by atoms with Crippen molar-refractivity contribution in [3.05, 3.63) is 47.3 Å². The monoisotopic (exact) mass is 405 g/mol. The summed E-state index contributed by atoms with van der Waals surface area (Å²) in [5.41, 5.74) is -0.191. The Morgan fingerprint density at radius 2 is 1.78 bits per heavy atom. The Balaban J connectivity index is 2.17. The van der Waals surface area contributed by atoms with Gasteiger partial charge in [-0.1, -0.05) is 19.1 Å². The van der Waals surface area contributed by atoms with Crippen molar-refractivity contribution in [2.24, 2.45) is 0 Å². The number of aliphatic hydroxyl groups is 1. The largest absolute Gasteiger partial charge is 0.435 e. The van der Waals surface area contributed by atoms with Gasteiger partial charge in [-0.25, -0.2) is 17.8 Å². The third-order valence-electron chi connectivity index (χ3n) is 4.17. The fraction of sp³-hybridized carbons (Fsp3) is 0.471. The third-order valence-corrected chi connectivity index (χ3v) is 5.98. The van der Waals surface area contributed by atoms with Crippen LogP contribution < -0.4 is 4.72 Å². The Morgan fingerprint density at radius 3 is 2.22 bits per heavy atom. The van der Waals surface area contributed by atoms with Crippen LogP contribution in [-0.2, 0) is 22.8 Å². The van der Waals surface area contributed by atoms with Crippen LogP contribution in [0.25, 0.3) is 5.69 Å². The molecular formula is C17H22F3N3O3S. The number of aromatic nitrogens is 2. The molecule has 2 aromatic rings. The molecule has 27 heavy (non-hydrogen) atoms. The fourth-order valence-electron chi connectivity index (χ4n) is 2.38. The van der Waals surface area contributed by atoms with Crippen molar-refractivity contribution in [3.63, 3.8) is 0 Å². The SMILES string of the molecule is CC(C)S(=O)(=O)NC[C@@H](C)c1ccc(-n2cc(CO)c(C(F)(F)F)n2)cc1. The number of halogens is 3. The van der Waals surface area contributed by atoms with Crippen molar-refractivity contribution in [2.45, 2.75) is 44.7 Å². The molecule has 0 saturated heterocycles. The molecule has 0 bridgehead atoms. The van der Waals surface area contributed by atoms with E-state index < -0.39 is 33.8 Å². The number of rotatable bonds is 7. The van der Waals surface area contributed by atoms with Crippen LogP contribution in [0.15, 0.2) is 30.5 Å². The lowest BCUT2D eigenvalue weighted by molar-refractivity contribution is -0.142. The zero-order valence-corrected chi connectivity index (χ0v) is 16.0. The van der Waals surface area contributed by atoms with E-state index >= 15 is 0 Å². The highest BCUT2D eigenvalue weighted by Crippen LogP contribution is 2.31. The maximum atomic E-state index is 12.9. The first-order valence-corrected chi connectivity index (χ1v) is 9.85. The summed E-state index contributed by atoms with van der Waals surface area (Å²) in [6.07, 6.45) is -3.51. The summed E-state index contributed by atoms with van der Waals surface area (Å²) in [5.74, 6) is -0.121. The van der Waals surface area contributed by atoms with Crippen LogP contribution in [0.5, 0.6) is 0 Å². The number of nitrogens with one attached hydrogen (secondary N) is 1. The van der Waals surface area contributed by atoms with Gasteiger partial charge in [0, 0.05) is 18.3 Å². The van der Waals surface area contributed by atoms with Gasteiger partial charge in [-0.15, -0.1) is 0 Å². The highest BCUT2D eigenvalue weighted by Gasteiger charge is 2.37. The molecule has 2 N–H and O–H groups in total. The molecule has 1 heterocycles. The van der Waals surface area contributed by atoms with Gasteiger partial charge in [0.25, 0.3) is 0 Å². The Morgan fingerprint density at radius 1 is 1.19 bits per heavy atom. The van der Waals surface area contributed by atoms with Crippen LogP contribution in [0, 0.1) is 0 Å². The van der Waals surface area contributed by atoms with Gasteiger partial charge in [0.2, 0.25) is 10.0 Å². The van der Waals surface area contributed by atoms with Crippen molar-refractivity contribution in [3.8, 4) is 5.69 Å². The van der Waals surface area contributed by atoms with Gasteiger partial charge in [-0.2, -0.15) is 18.3 Å². The molecule has 1 aromatic carbocycles. The van der Waals surface area contributed by atoms with Gasteiger partial charge in [-0.3, -0.25) is 0 Å². The lowest BCUT2D eigenvalue weighted by Gasteiger charge is -2.15. The van der Waals surface area contributed by atoms with Crippen molar-refractivity contribution >= 4 is 10.0 Å². The minimum Gasteiger partial charge on any atom is -0.392 e. The number of benzene rings is 1. The molecule has 0 aliphatic rings. The highest BCUT2D eigenvalue weighted by molar-refractivity contribution is 7.90. The number of hydrogen-bond acceptors (Lipinski definition) is 4. The zero-order valence-electron chi connectivity index (χ0n) is 15.2. The average molecular weight is 405 g/mol. The predicted octanol–water partition coefficient (Wildman–Crippen LogP) is 2.81. The lowest BCUT2D eigenvalue weighted by Crippen LogP contribution is -2.33. The van der Waals surface area contributed by atoms with E-state index in [1.165, 1.54) is 0 Å². The van der Waals surface area contributed by atoms with Crippen LogP contribution in [0.1, 0.15) is 43.5 Å². The highest BCUT2D eigenvalue weighted by atomic mass is 32.2. The van der Waals surface area contributed by atoms with Gasteiger partial charge < -0.3 is 5.11 Å². The van der Waals surface area contributed by atoms with Crippen LogP contribution in [0.4, 0.5) is 13.2 Å². The van der Waals surface area contributed by atoms with E-state index in [0.29, 0.717) is 5.69 Å². The Bertz CT molecular complexity index is 875. The molecule has 0 saturated carbocycles. The summed E-state index contributed by atoms with van der Waals surface area (Å²) < 4.78 is 66.0. The summed E-state index contributed by atoms with van der Waals surface area (Å²) in [4.78, 5) is 0. The second-order valence-electron chi connectivity index (χ2n) is 6.54. The number of nitrogens with zero attached hydrogens (tertiary/aromatic N) is 2. The first-order chi connectivity index (χ1) is 12.5. The number of aliphatic hydroxyl groups excluding tert-OH is 1. The summed E-state index contributed by atoms with van der Waals surface area (Å²) in [6, 6.07) is 6.60. The van der Waals surface area contributed by atoms with Crippen LogP contribution in [-0.4, -0.2) is 35.1 Å². The molecule has 0 radical (unpaired) electrons. The summed E-state index contributed by atoms with van der Waals surface area (Å²) in [5, 5.41) is 12.1.